The summed E-state index contributed by atoms with van der Waals surface area (Å²) in [6, 6.07) is 0. The summed E-state index contributed by atoms with van der Waals surface area (Å²) in [6.07, 6.45) is 3.94. The lowest BCUT2D eigenvalue weighted by Crippen LogP contribution is -1.64. The van der Waals surface area contributed by atoms with E-state index in [-0.39, 0.29) is 24.8 Å². The summed E-state index contributed by atoms with van der Waals surface area (Å²) in [5.74, 6) is 0. The first kappa shape index (κ1) is 15.7. The van der Waals surface area contributed by atoms with E-state index in [1.165, 1.54) is 19.0 Å². The molecule has 0 rings (SSSR count). The SMILES string of the molecule is CCCCP.Cl.Cl. The van der Waals surface area contributed by atoms with Gasteiger partial charge >= 0.3 is 0 Å². The van der Waals surface area contributed by atoms with Gasteiger partial charge in [0, 0.05) is 0 Å². The zero-order valence-corrected chi connectivity index (χ0v) is 7.30. The molecule has 0 spiro atoms. The quantitative estimate of drug-likeness (QED) is 0.548. The zero-order chi connectivity index (χ0) is 4.12. The number of unbranched alkanes of at least 4 members (excludes halogenated alkanes) is 1. The molecule has 0 N–H and O–H groups in total. The maximum Gasteiger partial charge on any atom is -0.0381 e. The second-order valence-corrected chi connectivity index (χ2v) is 1.72. The van der Waals surface area contributed by atoms with Gasteiger partial charge in [0.1, 0.15) is 0 Å². The van der Waals surface area contributed by atoms with E-state index in [2.05, 4.69) is 16.2 Å². The van der Waals surface area contributed by atoms with E-state index in [1.807, 2.05) is 0 Å². The second kappa shape index (κ2) is 15.7. The first-order valence-corrected chi connectivity index (χ1v) is 2.93. The van der Waals surface area contributed by atoms with Gasteiger partial charge in [-0.15, -0.1) is 34.1 Å². The highest BCUT2D eigenvalue weighted by Gasteiger charge is 1.68. The van der Waals surface area contributed by atoms with Crippen molar-refractivity contribution in [2.45, 2.75) is 19.8 Å². The summed E-state index contributed by atoms with van der Waals surface area (Å²) >= 11 is 0. The first-order chi connectivity index (χ1) is 2.41. The minimum Gasteiger partial charge on any atom is -0.147 e. The Labute approximate surface area is 60.5 Å². The van der Waals surface area contributed by atoms with Gasteiger partial charge < -0.3 is 0 Å². The number of rotatable bonds is 2. The molecule has 0 aromatic carbocycles. The summed E-state index contributed by atoms with van der Waals surface area (Å²) in [4.78, 5) is 0. The normalized spacial score (nSPS) is 6.00. The number of halogens is 2. The maximum atomic E-state index is 2.70. The molecule has 48 valence electrons. The third-order valence-electron chi connectivity index (χ3n) is 0.558. The third-order valence-corrected chi connectivity index (χ3v) is 0.966. The predicted octanol–water partition coefficient (Wildman–Crippen LogP) is 2.51. The van der Waals surface area contributed by atoms with Gasteiger partial charge in [0.2, 0.25) is 0 Å². The highest BCUT2D eigenvalue weighted by atomic mass is 35.5. The van der Waals surface area contributed by atoms with E-state index in [9.17, 15) is 0 Å². The summed E-state index contributed by atoms with van der Waals surface area (Å²) in [5, 5.41) is 0. The molecule has 7 heavy (non-hydrogen) atoms. The van der Waals surface area contributed by atoms with E-state index in [0.29, 0.717) is 0 Å². The van der Waals surface area contributed by atoms with Crippen LogP contribution in [0.3, 0.4) is 0 Å². The third kappa shape index (κ3) is 19.4. The molecule has 0 nitrogen and oxygen atoms in total. The largest absolute Gasteiger partial charge is 0.147 e. The molecule has 0 saturated carbocycles. The lowest BCUT2D eigenvalue weighted by atomic mass is 10.4. The van der Waals surface area contributed by atoms with Crippen LogP contribution in [0, 0.1) is 0 Å². The molecule has 1 atom stereocenters. The van der Waals surface area contributed by atoms with Gasteiger partial charge in [0.15, 0.2) is 0 Å². The Morgan fingerprint density at radius 1 is 1.29 bits per heavy atom. The van der Waals surface area contributed by atoms with Crippen LogP contribution in [0.1, 0.15) is 19.8 Å². The Bertz CT molecular complexity index is 17.2. The van der Waals surface area contributed by atoms with Gasteiger partial charge in [-0.3, -0.25) is 0 Å². The van der Waals surface area contributed by atoms with Crippen LogP contribution < -0.4 is 0 Å². The molecule has 0 aliphatic rings. The van der Waals surface area contributed by atoms with E-state index in [1.54, 1.807) is 0 Å². The van der Waals surface area contributed by atoms with Gasteiger partial charge in [-0.05, 0) is 6.16 Å². The van der Waals surface area contributed by atoms with Crippen LogP contribution >= 0.6 is 34.1 Å². The van der Waals surface area contributed by atoms with Crippen LogP contribution in [0.5, 0.6) is 0 Å². The molecule has 0 aliphatic heterocycles. The first-order valence-electron chi connectivity index (χ1n) is 2.12. The monoisotopic (exact) mass is 162 g/mol. The van der Waals surface area contributed by atoms with Crippen molar-refractivity contribution in [3.63, 3.8) is 0 Å². The van der Waals surface area contributed by atoms with Crippen molar-refractivity contribution in [3.05, 3.63) is 0 Å². The second-order valence-electron chi connectivity index (χ2n) is 1.14. The lowest BCUT2D eigenvalue weighted by Gasteiger charge is -1.79. The average Bonchev–Trinajstić information content (AvgIpc) is 1.41. The molecule has 0 amide bonds. The van der Waals surface area contributed by atoms with Crippen molar-refractivity contribution in [1.29, 1.82) is 0 Å². The van der Waals surface area contributed by atoms with Crippen molar-refractivity contribution in [2.75, 3.05) is 6.16 Å². The van der Waals surface area contributed by atoms with E-state index in [0.717, 1.165) is 0 Å². The Hall–Kier alpha value is 1.01. The van der Waals surface area contributed by atoms with Crippen LogP contribution in [-0.4, -0.2) is 6.16 Å². The summed E-state index contributed by atoms with van der Waals surface area (Å²) in [6.45, 7) is 2.20. The van der Waals surface area contributed by atoms with Gasteiger partial charge in [-0.2, -0.15) is 0 Å². The van der Waals surface area contributed by atoms with Crippen LogP contribution in [0.25, 0.3) is 0 Å². The van der Waals surface area contributed by atoms with Gasteiger partial charge in [-0.1, -0.05) is 19.8 Å². The number of hydrogen-bond donors (Lipinski definition) is 0. The molecule has 0 heterocycles. The minimum absolute atomic E-state index is 0. The molecule has 0 aliphatic carbocycles. The Morgan fingerprint density at radius 3 is 1.71 bits per heavy atom. The molecule has 0 bridgehead atoms. The van der Waals surface area contributed by atoms with Crippen molar-refractivity contribution in [3.8, 4) is 0 Å². The molecular formula is C4H13Cl2P. The highest BCUT2D eigenvalue weighted by Crippen LogP contribution is 1.89. The lowest BCUT2D eigenvalue weighted by molar-refractivity contribution is 0.897. The standard InChI is InChI=1S/C4H11P.2ClH/c1-2-3-4-5;;/h2-5H2,1H3;2*1H. The predicted molar refractivity (Wildman–Crippen MR) is 44.0 cm³/mol. The molecule has 3 heteroatoms. The average molecular weight is 163 g/mol. The van der Waals surface area contributed by atoms with E-state index >= 15 is 0 Å². The van der Waals surface area contributed by atoms with E-state index in [4.69, 9.17) is 0 Å². The molecule has 0 radical (unpaired) electrons. The van der Waals surface area contributed by atoms with Crippen molar-refractivity contribution < 1.29 is 0 Å². The van der Waals surface area contributed by atoms with Crippen molar-refractivity contribution >= 4 is 34.1 Å². The summed E-state index contributed by atoms with van der Waals surface area (Å²) < 4.78 is 0. The zero-order valence-electron chi connectivity index (χ0n) is 4.52. The maximum absolute atomic E-state index is 2.70. The van der Waals surface area contributed by atoms with Gasteiger partial charge in [0.05, 0.1) is 0 Å². The van der Waals surface area contributed by atoms with Crippen LogP contribution in [-0.2, 0) is 0 Å². The molecule has 0 saturated heterocycles. The summed E-state index contributed by atoms with van der Waals surface area (Å²) in [5.41, 5.74) is 0. The van der Waals surface area contributed by atoms with Crippen LogP contribution in [0.15, 0.2) is 0 Å². The molecule has 0 aromatic heterocycles. The highest BCUT2D eigenvalue weighted by molar-refractivity contribution is 7.16. The fraction of sp³-hybridized carbons (Fsp3) is 1.00. The fourth-order valence-electron chi connectivity index (χ4n) is 0.204. The smallest absolute Gasteiger partial charge is 0.0381 e. The van der Waals surface area contributed by atoms with Crippen molar-refractivity contribution in [1.82, 2.24) is 0 Å². The summed E-state index contributed by atoms with van der Waals surface area (Å²) in [7, 11) is 2.70. The Balaban J connectivity index is -0.0000000800. The minimum atomic E-state index is 0. The van der Waals surface area contributed by atoms with Crippen molar-refractivity contribution in [2.24, 2.45) is 0 Å². The Kier molecular flexibility index (Phi) is 35.3. The molecule has 0 aromatic rings. The Morgan fingerprint density at radius 2 is 1.71 bits per heavy atom. The van der Waals surface area contributed by atoms with Crippen LogP contribution in [0.4, 0.5) is 0 Å². The molecular weight excluding hydrogens is 150 g/mol. The van der Waals surface area contributed by atoms with Gasteiger partial charge in [-0.25, -0.2) is 0 Å². The van der Waals surface area contributed by atoms with Gasteiger partial charge in [0.25, 0.3) is 0 Å². The molecule has 1 unspecified atom stereocenters. The topological polar surface area (TPSA) is 0 Å². The molecule has 0 fully saturated rings. The van der Waals surface area contributed by atoms with Crippen LogP contribution in [0.2, 0.25) is 0 Å². The van der Waals surface area contributed by atoms with E-state index < -0.39 is 0 Å². The fourth-order valence-corrected chi connectivity index (χ4v) is 0.612. The number of hydrogen-bond acceptors (Lipinski definition) is 0.